The van der Waals surface area contributed by atoms with E-state index in [9.17, 15) is 0 Å². The molecule has 0 aromatic heterocycles. The van der Waals surface area contributed by atoms with Crippen molar-refractivity contribution in [1.82, 2.24) is 0 Å². The van der Waals surface area contributed by atoms with E-state index in [1.807, 2.05) is 6.07 Å². The molecule has 1 heterocycles. The maximum absolute atomic E-state index is 4.93. The van der Waals surface area contributed by atoms with Gasteiger partial charge in [0.05, 0.1) is 9.52 Å². The van der Waals surface area contributed by atoms with Gasteiger partial charge in [0.1, 0.15) is 0 Å². The van der Waals surface area contributed by atoms with E-state index in [2.05, 4.69) is 179 Å². The molecule has 9 rings (SSSR count). The molecular formula is C54H53Cl2SiZr-3. The normalized spacial score (nSPS) is 11.1. The molecule has 58 heavy (non-hydrogen) atoms. The van der Waals surface area contributed by atoms with E-state index in [1.54, 1.807) is 0 Å². The van der Waals surface area contributed by atoms with E-state index in [-0.39, 0.29) is 0 Å². The van der Waals surface area contributed by atoms with Gasteiger partial charge in [-0.15, -0.1) is 74.6 Å². The monoisotopic (exact) mass is 889 g/mol. The fourth-order valence-electron chi connectivity index (χ4n) is 8.22. The van der Waals surface area contributed by atoms with Crippen LogP contribution in [0.5, 0.6) is 0 Å². The molecule has 4 heteroatoms. The van der Waals surface area contributed by atoms with E-state index in [0.29, 0.717) is 0 Å². The van der Waals surface area contributed by atoms with E-state index in [0.717, 1.165) is 22.4 Å². The summed E-state index contributed by atoms with van der Waals surface area (Å²) in [7, 11) is 10.7. The summed E-state index contributed by atoms with van der Waals surface area (Å²) in [6, 6.07) is 58.6. The Morgan fingerprint density at radius 2 is 0.966 bits per heavy atom. The van der Waals surface area contributed by atoms with Gasteiger partial charge in [0.25, 0.3) is 0 Å². The molecule has 0 unspecified atom stereocenters. The zero-order valence-electron chi connectivity index (χ0n) is 34.3. The van der Waals surface area contributed by atoms with Gasteiger partial charge < -0.3 is 0 Å². The molecule has 294 valence electrons. The zero-order chi connectivity index (χ0) is 40.7. The first-order chi connectivity index (χ1) is 28.5. The van der Waals surface area contributed by atoms with Crippen molar-refractivity contribution >= 4 is 58.5 Å². The molecule has 8 aromatic rings. The molecule has 0 N–H and O–H groups in total. The molecule has 8 aromatic carbocycles. The predicted octanol–water partition coefficient (Wildman–Crippen LogP) is 14.8. The first-order valence-electron chi connectivity index (χ1n) is 20.9. The van der Waals surface area contributed by atoms with Crippen molar-refractivity contribution in [2.45, 2.75) is 79.1 Å². The number of rotatable bonds is 10. The van der Waals surface area contributed by atoms with Gasteiger partial charge in [0.15, 0.2) is 0 Å². The largest absolute Gasteiger partial charge is 0.184 e. The molecule has 0 amide bonds. The third-order valence-corrected chi connectivity index (χ3v) is 12.0. The molecule has 0 fully saturated rings. The molecule has 2 radical (unpaired) electrons. The fraction of sp³-hybridized carbons (Fsp3) is 0.222. The quantitative estimate of drug-likeness (QED) is 0.0948. The van der Waals surface area contributed by atoms with Crippen molar-refractivity contribution in [3.8, 4) is 33.4 Å². The summed E-state index contributed by atoms with van der Waals surface area (Å²) in [5, 5.41) is 8.45. The maximum Gasteiger partial charge on any atom is 0.0920 e. The van der Waals surface area contributed by atoms with E-state index >= 15 is 0 Å². The van der Waals surface area contributed by atoms with Crippen LogP contribution in [0.2, 0.25) is 0 Å². The van der Waals surface area contributed by atoms with Gasteiger partial charge in [0, 0.05) is 0 Å². The van der Waals surface area contributed by atoms with Gasteiger partial charge in [-0.05, 0) is 36.8 Å². The Morgan fingerprint density at radius 1 is 0.517 bits per heavy atom. The number of hydrogen-bond acceptors (Lipinski definition) is 0. The van der Waals surface area contributed by atoms with Crippen LogP contribution < -0.4 is 10.4 Å². The summed E-state index contributed by atoms with van der Waals surface area (Å²) in [4.78, 5) is 0. The predicted molar refractivity (Wildman–Crippen MR) is 253 cm³/mol. The topological polar surface area (TPSA) is 0 Å². The minimum Gasteiger partial charge on any atom is -0.184 e. The van der Waals surface area contributed by atoms with Crippen molar-refractivity contribution in [2.75, 3.05) is 0 Å². The van der Waals surface area contributed by atoms with E-state index < -0.39 is 20.8 Å². The smallest absolute Gasteiger partial charge is 0.0920 e. The van der Waals surface area contributed by atoms with Crippen LogP contribution in [0, 0.1) is 6.07 Å². The standard InChI is InChI=1S/2C21H23.C12H7Si.2ClH.Zr/c2*1-3-8-16-14-19-13-12-17(9-4-2)21(20(19)15-16)18-10-6-5-7-11-18;1-3-7-11-9(5-1)10-6-2-4-8-12(10)13-11;;;/h2*5-7,10-15H,3-4,8-9H2,1-2H3;1-7H;2*1H;/q3*-1;;;+2/p-2. The van der Waals surface area contributed by atoms with Crippen LogP contribution in [0.15, 0.2) is 152 Å². The second-order valence-electron chi connectivity index (χ2n) is 14.9. The molecule has 0 spiro atoms. The van der Waals surface area contributed by atoms with Crippen molar-refractivity contribution in [1.29, 1.82) is 0 Å². The van der Waals surface area contributed by atoms with E-state index in [4.69, 9.17) is 17.0 Å². The SMILES string of the molecule is CCCc1cc2c(-c3ccccc3)c(CCC)ccc2[cH-]1.CCCc1cc2c(-c3ccccc3)c(CCC)ccc2[cH-]1.[Cl][Zr][Cl].[c-]1cccc2c1[Si]c1ccccc1-2. The van der Waals surface area contributed by atoms with Gasteiger partial charge in [0.2, 0.25) is 0 Å². The third-order valence-electron chi connectivity index (χ3n) is 10.6. The summed E-state index contributed by atoms with van der Waals surface area (Å²) in [6.45, 7) is 9.01. The first-order valence-corrected chi connectivity index (χ1v) is 28.2. The molecular weight excluding hydrogens is 839 g/mol. The van der Waals surface area contributed by atoms with Crippen molar-refractivity contribution in [2.24, 2.45) is 0 Å². The molecule has 0 saturated carbocycles. The Hall–Kier alpha value is -3.78. The molecule has 0 nitrogen and oxygen atoms in total. The van der Waals surface area contributed by atoms with Crippen LogP contribution in [0.1, 0.15) is 75.6 Å². The van der Waals surface area contributed by atoms with Gasteiger partial charge >= 0.3 is 37.9 Å². The number of hydrogen-bond donors (Lipinski definition) is 0. The van der Waals surface area contributed by atoms with Crippen LogP contribution in [-0.4, -0.2) is 9.52 Å². The Morgan fingerprint density at radius 3 is 1.45 bits per heavy atom. The second kappa shape index (κ2) is 22.6. The van der Waals surface area contributed by atoms with Crippen LogP contribution in [0.4, 0.5) is 0 Å². The molecule has 0 atom stereocenters. The second-order valence-corrected chi connectivity index (χ2v) is 19.9. The number of fused-ring (bicyclic) bond motifs is 5. The third kappa shape index (κ3) is 10.9. The summed E-state index contributed by atoms with van der Waals surface area (Å²) in [5.41, 5.74) is 14.2. The minimum absolute atomic E-state index is 0.795. The van der Waals surface area contributed by atoms with Crippen molar-refractivity contribution < 1.29 is 20.8 Å². The number of benzene rings is 6. The Balaban J connectivity index is 0.000000145. The fourth-order valence-corrected chi connectivity index (χ4v) is 9.53. The maximum atomic E-state index is 4.93. The zero-order valence-corrected chi connectivity index (χ0v) is 39.3. The molecule has 0 bridgehead atoms. The Kier molecular flexibility index (Phi) is 17.0. The molecule has 1 aliphatic heterocycles. The van der Waals surface area contributed by atoms with Gasteiger partial charge in [-0.2, -0.15) is 41.6 Å². The average Bonchev–Trinajstić information content (AvgIpc) is 3.97. The van der Waals surface area contributed by atoms with Crippen molar-refractivity contribution in [3.63, 3.8) is 0 Å². The van der Waals surface area contributed by atoms with Gasteiger partial charge in [-0.3, -0.25) is 0 Å². The number of aryl methyl sites for hydroxylation is 4. The van der Waals surface area contributed by atoms with Crippen LogP contribution in [-0.2, 0) is 46.5 Å². The summed E-state index contributed by atoms with van der Waals surface area (Å²) in [6.07, 6.45) is 9.43. The average molecular weight is 892 g/mol. The first kappa shape index (κ1) is 43.8. The van der Waals surface area contributed by atoms with Crippen LogP contribution in [0.25, 0.3) is 54.9 Å². The molecule has 1 aliphatic rings. The summed E-state index contributed by atoms with van der Waals surface area (Å²) in [5.74, 6) is 0. The summed E-state index contributed by atoms with van der Waals surface area (Å²) < 4.78 is 0. The molecule has 0 saturated heterocycles. The minimum atomic E-state index is -0.826. The van der Waals surface area contributed by atoms with Gasteiger partial charge in [-0.25, -0.2) is 0 Å². The number of halogens is 2. The summed E-state index contributed by atoms with van der Waals surface area (Å²) >= 11 is -0.826. The van der Waals surface area contributed by atoms with Crippen LogP contribution in [0.3, 0.4) is 0 Å². The molecule has 0 aliphatic carbocycles. The van der Waals surface area contributed by atoms with Gasteiger partial charge in [-0.1, -0.05) is 171 Å². The van der Waals surface area contributed by atoms with Crippen molar-refractivity contribution in [3.05, 3.63) is 180 Å². The Bertz CT molecular complexity index is 2300. The van der Waals surface area contributed by atoms with Crippen LogP contribution >= 0.6 is 17.0 Å². The van der Waals surface area contributed by atoms with E-state index in [1.165, 1.54) is 126 Å². The Labute approximate surface area is 368 Å².